The number of aromatic nitrogens is 4. The van der Waals surface area contributed by atoms with Crippen molar-refractivity contribution in [2.45, 2.75) is 64.6 Å². The lowest BCUT2D eigenvalue weighted by Gasteiger charge is -2.36. The van der Waals surface area contributed by atoms with Crippen molar-refractivity contribution < 1.29 is 23.1 Å². The van der Waals surface area contributed by atoms with E-state index in [0.717, 1.165) is 54.7 Å². The van der Waals surface area contributed by atoms with Crippen LogP contribution in [0, 0.1) is 22.7 Å². The molecule has 2 N–H and O–H groups in total. The summed E-state index contributed by atoms with van der Waals surface area (Å²) in [6.07, 6.45) is 6.87. The van der Waals surface area contributed by atoms with Crippen LogP contribution >= 0.6 is 0 Å². The van der Waals surface area contributed by atoms with Crippen molar-refractivity contribution >= 4 is 45.1 Å². The summed E-state index contributed by atoms with van der Waals surface area (Å²) in [4.78, 5) is 36.5. The Balaban J connectivity index is 1.02. The van der Waals surface area contributed by atoms with Gasteiger partial charge in [-0.2, -0.15) is 5.26 Å². The molecule has 5 heterocycles. The van der Waals surface area contributed by atoms with Gasteiger partial charge in [-0.1, -0.05) is 44.2 Å². The molecule has 2 aliphatic heterocycles. The summed E-state index contributed by atoms with van der Waals surface area (Å²) in [5.41, 5.74) is 5.95. The SMILES string of the molecule is CN(C)C(=O)C1CCN(Cc2cc(C#N)c3oc(C4=CC=CC(c5cccc(Nc6nc(C(F)F)nc7cc(CN8CCC(O)C8)cnc67)c5)C4(C)C)nc3c2)CC1. The first-order valence-electron chi connectivity index (χ1n) is 19.7. The standard InChI is InChI=1S/C44H47F2N9O3/c1-44(2)33(9-6-10-34(44)42-51-36-18-26(17-30(21-47)38(36)58-42)23-54-14-11-28(12-15-54)43(57)53(3)4)29-7-5-8-31(20-29)49-40-37-35(50-41(52-40)39(45)46)19-27(22-48-37)24-55-16-13-32(56)25-55/h5-10,17-20,22,28,32-33,39,56H,11-16,23-25H2,1-4H3,(H,49,50,52). The minimum Gasteiger partial charge on any atom is -0.435 e. The van der Waals surface area contributed by atoms with Crippen molar-refractivity contribution in [2.75, 3.05) is 45.6 Å². The third kappa shape index (κ3) is 7.94. The van der Waals surface area contributed by atoms with Gasteiger partial charge in [-0.05, 0) is 79.4 Å². The first-order valence-corrected chi connectivity index (χ1v) is 19.7. The molecule has 14 heteroatoms. The number of likely N-dealkylation sites (tertiary alicyclic amines) is 2. The van der Waals surface area contributed by atoms with E-state index in [1.54, 1.807) is 31.3 Å². The zero-order valence-corrected chi connectivity index (χ0v) is 33.1. The molecule has 5 aromatic rings. The van der Waals surface area contributed by atoms with Gasteiger partial charge in [-0.15, -0.1) is 0 Å². The number of nitrogens with one attached hydrogen (secondary N) is 1. The Kier molecular flexibility index (Phi) is 10.8. The van der Waals surface area contributed by atoms with Gasteiger partial charge in [0.2, 0.25) is 11.8 Å². The molecule has 8 rings (SSSR count). The van der Waals surface area contributed by atoms with E-state index in [0.29, 0.717) is 65.3 Å². The number of alkyl halides is 2. The summed E-state index contributed by atoms with van der Waals surface area (Å²) in [7, 11) is 3.60. The Morgan fingerprint density at radius 2 is 1.79 bits per heavy atom. The quantitative estimate of drug-likeness (QED) is 0.146. The molecular weight excluding hydrogens is 741 g/mol. The van der Waals surface area contributed by atoms with Crippen LogP contribution in [0.4, 0.5) is 20.3 Å². The van der Waals surface area contributed by atoms with E-state index in [1.165, 1.54) is 0 Å². The van der Waals surface area contributed by atoms with Gasteiger partial charge in [0.25, 0.3) is 6.43 Å². The van der Waals surface area contributed by atoms with Crippen molar-refractivity contribution in [3.05, 3.63) is 101 Å². The zero-order valence-electron chi connectivity index (χ0n) is 33.1. The lowest BCUT2D eigenvalue weighted by Crippen LogP contribution is -2.39. The molecular formula is C44H47F2N9O3. The number of carbonyl (C=O) groups excluding carboxylic acids is 1. The number of fused-ring (bicyclic) bond motifs is 2. The third-order valence-corrected chi connectivity index (χ3v) is 11.7. The number of hydrogen-bond donors (Lipinski definition) is 2. The molecule has 1 amide bonds. The van der Waals surface area contributed by atoms with Gasteiger partial charge in [0.15, 0.2) is 17.2 Å². The number of nitrogens with zero attached hydrogens (tertiary/aromatic N) is 8. The molecule has 0 radical (unpaired) electrons. The zero-order chi connectivity index (χ0) is 40.7. The predicted molar refractivity (Wildman–Crippen MR) is 217 cm³/mol. The Morgan fingerprint density at radius 1 is 1.03 bits per heavy atom. The van der Waals surface area contributed by atoms with Crippen molar-refractivity contribution in [3.63, 3.8) is 0 Å². The highest BCUT2D eigenvalue weighted by molar-refractivity contribution is 5.88. The van der Waals surface area contributed by atoms with Crippen molar-refractivity contribution in [1.29, 1.82) is 5.26 Å². The van der Waals surface area contributed by atoms with Gasteiger partial charge in [-0.3, -0.25) is 19.6 Å². The van der Waals surface area contributed by atoms with Crippen molar-refractivity contribution in [1.82, 2.24) is 34.6 Å². The van der Waals surface area contributed by atoms with Gasteiger partial charge in [0, 0.05) is 75.0 Å². The minimum atomic E-state index is -2.88. The topological polar surface area (TPSA) is 148 Å². The summed E-state index contributed by atoms with van der Waals surface area (Å²) in [6, 6.07) is 15.7. The molecule has 0 spiro atoms. The van der Waals surface area contributed by atoms with E-state index in [1.807, 2.05) is 48.6 Å². The van der Waals surface area contributed by atoms with Gasteiger partial charge in [-0.25, -0.2) is 23.7 Å². The number of amides is 1. The summed E-state index contributed by atoms with van der Waals surface area (Å²) < 4.78 is 34.5. The van der Waals surface area contributed by atoms with Crippen LogP contribution in [0.2, 0.25) is 0 Å². The van der Waals surface area contributed by atoms with Crippen LogP contribution in [0.25, 0.3) is 27.7 Å². The van der Waals surface area contributed by atoms with Crippen LogP contribution in [0.3, 0.4) is 0 Å². The third-order valence-electron chi connectivity index (χ3n) is 11.7. The number of piperidine rings is 1. The molecule has 3 aromatic heterocycles. The largest absolute Gasteiger partial charge is 0.435 e. The van der Waals surface area contributed by atoms with Crippen LogP contribution in [0.5, 0.6) is 0 Å². The molecule has 0 bridgehead atoms. The fourth-order valence-electron chi connectivity index (χ4n) is 8.61. The molecule has 1 aliphatic carbocycles. The minimum absolute atomic E-state index is 0.0406. The Labute approximate surface area is 335 Å². The number of aliphatic hydroxyl groups is 1. The van der Waals surface area contributed by atoms with Crippen LogP contribution in [0.1, 0.15) is 79.4 Å². The Hall–Kier alpha value is -5.62. The highest BCUT2D eigenvalue weighted by Crippen LogP contribution is 2.49. The average Bonchev–Trinajstić information content (AvgIpc) is 3.82. The van der Waals surface area contributed by atoms with Crippen LogP contribution in [-0.4, -0.2) is 92.0 Å². The number of carbonyl (C=O) groups is 1. The Morgan fingerprint density at radius 3 is 2.52 bits per heavy atom. The molecule has 2 saturated heterocycles. The van der Waals surface area contributed by atoms with E-state index in [9.17, 15) is 23.9 Å². The molecule has 2 aromatic carbocycles. The molecule has 2 fully saturated rings. The van der Waals surface area contributed by atoms with E-state index < -0.39 is 17.7 Å². The highest BCUT2D eigenvalue weighted by atomic mass is 19.3. The second-order valence-electron chi connectivity index (χ2n) is 16.4. The molecule has 0 saturated carbocycles. The second kappa shape index (κ2) is 16.0. The lowest BCUT2D eigenvalue weighted by molar-refractivity contribution is -0.134. The predicted octanol–water partition coefficient (Wildman–Crippen LogP) is 7.35. The van der Waals surface area contributed by atoms with E-state index in [-0.39, 0.29) is 29.7 Å². The maximum absolute atomic E-state index is 14.1. The fraction of sp³-hybridized carbons (Fsp3) is 0.409. The van der Waals surface area contributed by atoms with E-state index in [2.05, 4.69) is 56.1 Å². The maximum atomic E-state index is 14.1. The molecule has 2 atom stereocenters. The number of rotatable bonds is 10. The molecule has 300 valence electrons. The lowest BCUT2D eigenvalue weighted by atomic mass is 9.67. The first-order chi connectivity index (χ1) is 27.9. The molecule has 12 nitrogen and oxygen atoms in total. The number of oxazole rings is 1. The fourth-order valence-corrected chi connectivity index (χ4v) is 8.61. The van der Waals surface area contributed by atoms with Crippen LogP contribution in [-0.2, 0) is 17.9 Å². The van der Waals surface area contributed by atoms with Gasteiger partial charge in [0.1, 0.15) is 17.1 Å². The number of pyridine rings is 1. The summed E-state index contributed by atoms with van der Waals surface area (Å²) in [5.74, 6) is 0.131. The van der Waals surface area contributed by atoms with Gasteiger partial charge < -0.3 is 19.7 Å². The molecule has 2 unspecified atom stereocenters. The van der Waals surface area contributed by atoms with Crippen molar-refractivity contribution in [2.24, 2.45) is 11.3 Å². The van der Waals surface area contributed by atoms with Crippen LogP contribution < -0.4 is 5.32 Å². The second-order valence-corrected chi connectivity index (χ2v) is 16.4. The smallest absolute Gasteiger partial charge is 0.297 e. The first kappa shape index (κ1) is 39.2. The number of nitriles is 1. The monoisotopic (exact) mass is 787 g/mol. The molecule has 3 aliphatic rings. The van der Waals surface area contributed by atoms with Gasteiger partial charge >= 0.3 is 0 Å². The number of allylic oxidation sites excluding steroid dienone is 4. The van der Waals surface area contributed by atoms with Crippen molar-refractivity contribution in [3.8, 4) is 6.07 Å². The number of anilines is 2. The average molecular weight is 788 g/mol. The summed E-state index contributed by atoms with van der Waals surface area (Å²) in [6.45, 7) is 8.34. The number of benzene rings is 2. The van der Waals surface area contributed by atoms with Crippen LogP contribution in [0.15, 0.2) is 71.3 Å². The normalized spacial score (nSPS) is 20.2. The summed E-state index contributed by atoms with van der Waals surface area (Å²) >= 11 is 0. The number of halogens is 2. The van der Waals surface area contributed by atoms with E-state index >= 15 is 0 Å². The number of aliphatic hydroxyl groups excluding tert-OH is 1. The van der Waals surface area contributed by atoms with E-state index in [4.69, 9.17) is 9.40 Å². The number of β-amino-alcohol motifs (C(OH)–C–C–N with tert-alkyl or cyclic N) is 1. The maximum Gasteiger partial charge on any atom is 0.297 e. The highest BCUT2D eigenvalue weighted by Gasteiger charge is 2.38. The summed E-state index contributed by atoms with van der Waals surface area (Å²) in [5, 5.41) is 23.3. The Bertz CT molecular complexity index is 2460. The van der Waals surface area contributed by atoms with Gasteiger partial charge in [0.05, 0.1) is 17.2 Å². The number of hydrogen-bond acceptors (Lipinski definition) is 11. The molecule has 58 heavy (non-hydrogen) atoms.